The van der Waals surface area contributed by atoms with Gasteiger partial charge in [0.05, 0.1) is 12.7 Å². The Hall–Kier alpha value is -1.99. The number of ether oxygens (including phenoxy) is 1. The fraction of sp³-hybridized carbons (Fsp3) is 0.350. The highest BCUT2D eigenvalue weighted by molar-refractivity contribution is 8.14. The van der Waals surface area contributed by atoms with Crippen LogP contribution in [0.2, 0.25) is 0 Å². The van der Waals surface area contributed by atoms with Crippen molar-refractivity contribution in [3.8, 4) is 0 Å². The van der Waals surface area contributed by atoms with Crippen LogP contribution in [0.5, 0.6) is 0 Å². The number of hydrogen-bond donors (Lipinski definition) is 1. The summed E-state index contributed by atoms with van der Waals surface area (Å²) in [7, 11) is 0. The van der Waals surface area contributed by atoms with Gasteiger partial charge in [0.1, 0.15) is 23.0 Å². The van der Waals surface area contributed by atoms with Crippen LogP contribution in [0.1, 0.15) is 30.6 Å². The van der Waals surface area contributed by atoms with E-state index in [-0.39, 0.29) is 29.7 Å². The largest absolute Gasteiger partial charge is 0.379 e. The molecule has 4 rings (SSSR count). The van der Waals surface area contributed by atoms with Gasteiger partial charge >= 0.3 is 0 Å². The zero-order valence-corrected chi connectivity index (χ0v) is 15.5. The summed E-state index contributed by atoms with van der Waals surface area (Å²) in [4.78, 5) is 4.60. The van der Waals surface area contributed by atoms with E-state index < -0.39 is 17.2 Å². The molecule has 0 amide bonds. The number of benzene rings is 2. The maximum absolute atomic E-state index is 14.7. The monoisotopic (exact) mass is 392 g/mol. The van der Waals surface area contributed by atoms with Gasteiger partial charge in [-0.15, -0.1) is 0 Å². The number of halogens is 3. The van der Waals surface area contributed by atoms with Gasteiger partial charge in [-0.05, 0) is 30.2 Å². The topological polar surface area (TPSA) is 47.6 Å². The van der Waals surface area contributed by atoms with E-state index in [1.165, 1.54) is 36.0 Å². The average Bonchev–Trinajstić information content (AvgIpc) is 2.62. The molecule has 7 heteroatoms. The normalized spacial score (nSPS) is 30.5. The number of amidine groups is 1. The standard InChI is InChI=1S/C20H19F3N2OS/c1-11-16-9-18(12-2-4-13(21)5-3-12)26-10-20(16,25-19(24)27-11)15-7-6-14(22)8-17(15)23/h2-8,11,16,18H,9-10H2,1H3,(H2,24,25)/t11-,16+,18-,20-/m1/s1. The summed E-state index contributed by atoms with van der Waals surface area (Å²) >= 11 is 1.44. The minimum absolute atomic E-state index is 0.0683. The van der Waals surface area contributed by atoms with E-state index in [1.54, 1.807) is 12.1 Å². The Balaban J connectivity index is 1.75. The first-order chi connectivity index (χ1) is 12.9. The van der Waals surface area contributed by atoms with Gasteiger partial charge in [0.15, 0.2) is 5.17 Å². The maximum Gasteiger partial charge on any atom is 0.155 e. The van der Waals surface area contributed by atoms with E-state index in [2.05, 4.69) is 4.99 Å². The summed E-state index contributed by atoms with van der Waals surface area (Å²) < 4.78 is 47.4. The van der Waals surface area contributed by atoms with Crippen molar-refractivity contribution in [2.75, 3.05) is 6.61 Å². The third-order valence-electron chi connectivity index (χ3n) is 5.41. The van der Waals surface area contributed by atoms with Crippen LogP contribution >= 0.6 is 11.8 Å². The van der Waals surface area contributed by atoms with Crippen molar-refractivity contribution < 1.29 is 17.9 Å². The molecule has 2 aromatic rings. The van der Waals surface area contributed by atoms with Gasteiger partial charge in [-0.25, -0.2) is 18.2 Å². The van der Waals surface area contributed by atoms with Crippen LogP contribution in [-0.2, 0) is 10.3 Å². The summed E-state index contributed by atoms with van der Waals surface area (Å²) in [6.45, 7) is 2.15. The number of aliphatic imine (C=N–C) groups is 1. The molecule has 1 fully saturated rings. The molecular weight excluding hydrogens is 373 g/mol. The van der Waals surface area contributed by atoms with Gasteiger partial charge in [0.2, 0.25) is 0 Å². The maximum atomic E-state index is 14.7. The SMILES string of the molecule is C[C@H]1SC(N)=N[C@@]2(c3ccc(F)cc3F)CO[C@@H](c3ccc(F)cc3)C[C@@H]12. The van der Waals surface area contributed by atoms with Crippen LogP contribution in [0.4, 0.5) is 13.2 Å². The third kappa shape index (κ3) is 3.23. The molecular formula is C20H19F3N2OS. The zero-order chi connectivity index (χ0) is 19.2. The minimum Gasteiger partial charge on any atom is -0.379 e. The molecule has 0 radical (unpaired) electrons. The molecule has 2 aliphatic heterocycles. The molecule has 0 spiro atoms. The van der Waals surface area contributed by atoms with E-state index >= 15 is 0 Å². The van der Waals surface area contributed by atoms with Crippen molar-refractivity contribution in [2.24, 2.45) is 16.6 Å². The van der Waals surface area contributed by atoms with Gasteiger partial charge in [-0.1, -0.05) is 36.9 Å². The quantitative estimate of drug-likeness (QED) is 0.817. The fourth-order valence-electron chi connectivity index (χ4n) is 4.11. The second kappa shape index (κ2) is 6.87. The second-order valence-electron chi connectivity index (χ2n) is 7.01. The van der Waals surface area contributed by atoms with E-state index in [9.17, 15) is 13.2 Å². The zero-order valence-electron chi connectivity index (χ0n) is 14.7. The van der Waals surface area contributed by atoms with E-state index in [1.807, 2.05) is 6.92 Å². The smallest absolute Gasteiger partial charge is 0.155 e. The first kappa shape index (κ1) is 18.4. The molecule has 2 heterocycles. The lowest BCUT2D eigenvalue weighted by Crippen LogP contribution is -2.51. The van der Waals surface area contributed by atoms with Crippen LogP contribution < -0.4 is 5.73 Å². The lowest BCUT2D eigenvalue weighted by atomic mass is 9.72. The average molecular weight is 392 g/mol. The molecule has 0 saturated carbocycles. The van der Waals surface area contributed by atoms with Gasteiger partial charge in [0.25, 0.3) is 0 Å². The Labute approximate surface area is 159 Å². The summed E-state index contributed by atoms with van der Waals surface area (Å²) in [5.74, 6) is -1.67. The molecule has 2 aliphatic rings. The predicted octanol–water partition coefficient (Wildman–Crippen LogP) is 4.53. The molecule has 2 N–H and O–H groups in total. The summed E-state index contributed by atoms with van der Waals surface area (Å²) in [5.41, 5.74) is 6.18. The first-order valence-electron chi connectivity index (χ1n) is 8.73. The molecule has 142 valence electrons. The Morgan fingerprint density at radius 2 is 1.81 bits per heavy atom. The van der Waals surface area contributed by atoms with E-state index in [4.69, 9.17) is 10.5 Å². The molecule has 27 heavy (non-hydrogen) atoms. The Morgan fingerprint density at radius 1 is 1.11 bits per heavy atom. The lowest BCUT2D eigenvalue weighted by molar-refractivity contribution is -0.0644. The van der Waals surface area contributed by atoms with E-state index in [0.717, 1.165) is 11.6 Å². The van der Waals surface area contributed by atoms with Gasteiger partial charge in [-0.3, -0.25) is 0 Å². The third-order valence-corrected chi connectivity index (χ3v) is 6.44. The van der Waals surface area contributed by atoms with Crippen molar-refractivity contribution in [1.29, 1.82) is 0 Å². The number of nitrogens with zero attached hydrogens (tertiary/aromatic N) is 1. The molecule has 0 aliphatic carbocycles. The Bertz CT molecular complexity index is 889. The highest BCUT2D eigenvalue weighted by Gasteiger charge is 2.52. The second-order valence-corrected chi connectivity index (χ2v) is 8.41. The molecule has 0 bridgehead atoms. The van der Waals surface area contributed by atoms with Gasteiger partial charge in [-0.2, -0.15) is 0 Å². The highest BCUT2D eigenvalue weighted by atomic mass is 32.2. The van der Waals surface area contributed by atoms with Crippen LogP contribution in [0.15, 0.2) is 47.5 Å². The number of nitrogens with two attached hydrogens (primary N) is 1. The van der Waals surface area contributed by atoms with Crippen molar-refractivity contribution in [2.45, 2.75) is 30.2 Å². The van der Waals surface area contributed by atoms with Crippen LogP contribution in [0.25, 0.3) is 0 Å². The molecule has 0 unspecified atom stereocenters. The fourth-order valence-corrected chi connectivity index (χ4v) is 5.20. The van der Waals surface area contributed by atoms with E-state index in [0.29, 0.717) is 17.2 Å². The highest BCUT2D eigenvalue weighted by Crippen LogP contribution is 2.52. The number of hydrogen-bond acceptors (Lipinski definition) is 4. The summed E-state index contributed by atoms with van der Waals surface area (Å²) in [5, 5.41) is 0.435. The molecule has 4 atom stereocenters. The Morgan fingerprint density at radius 3 is 2.52 bits per heavy atom. The van der Waals surface area contributed by atoms with Crippen LogP contribution in [0, 0.1) is 23.4 Å². The first-order valence-corrected chi connectivity index (χ1v) is 9.61. The molecule has 2 aromatic carbocycles. The number of fused-ring (bicyclic) bond motifs is 1. The molecule has 1 saturated heterocycles. The van der Waals surface area contributed by atoms with Gasteiger partial charge in [0, 0.05) is 22.8 Å². The Kier molecular flexibility index (Phi) is 4.68. The molecule has 0 aromatic heterocycles. The van der Waals surface area contributed by atoms with Crippen LogP contribution in [-0.4, -0.2) is 17.0 Å². The van der Waals surface area contributed by atoms with Gasteiger partial charge < -0.3 is 10.5 Å². The number of rotatable bonds is 2. The lowest BCUT2D eigenvalue weighted by Gasteiger charge is -2.49. The van der Waals surface area contributed by atoms with Crippen LogP contribution in [0.3, 0.4) is 0 Å². The van der Waals surface area contributed by atoms with Crippen molar-refractivity contribution in [1.82, 2.24) is 0 Å². The summed E-state index contributed by atoms with van der Waals surface area (Å²) in [6, 6.07) is 9.72. The minimum atomic E-state index is -0.997. The summed E-state index contributed by atoms with van der Waals surface area (Å²) in [6.07, 6.45) is 0.331. The van der Waals surface area contributed by atoms with Crippen molar-refractivity contribution >= 4 is 16.9 Å². The van der Waals surface area contributed by atoms with Crippen molar-refractivity contribution in [3.05, 3.63) is 71.0 Å². The predicted molar refractivity (Wildman–Crippen MR) is 99.9 cm³/mol. The van der Waals surface area contributed by atoms with Crippen molar-refractivity contribution in [3.63, 3.8) is 0 Å². The molecule has 3 nitrogen and oxygen atoms in total. The number of thioether (sulfide) groups is 1.